The van der Waals surface area contributed by atoms with Gasteiger partial charge >= 0.3 is 0 Å². The molecule has 0 bridgehead atoms. The average molecular weight is 274 g/mol. The van der Waals surface area contributed by atoms with Crippen LogP contribution in [-0.4, -0.2) is 34.4 Å². The lowest BCUT2D eigenvalue weighted by Gasteiger charge is -2.28. The monoisotopic (exact) mass is 274 g/mol. The first-order valence-corrected chi connectivity index (χ1v) is 6.54. The smallest absolute Gasteiger partial charge is 0.246 e. The number of carbonyl (C=O) groups is 2. The van der Waals surface area contributed by atoms with Crippen LogP contribution in [0.25, 0.3) is 0 Å². The van der Waals surface area contributed by atoms with E-state index in [0.29, 0.717) is 25.1 Å². The number of nitriles is 1. The molecule has 1 aromatic rings. The van der Waals surface area contributed by atoms with Crippen LogP contribution < -0.4 is 5.32 Å². The van der Waals surface area contributed by atoms with Crippen molar-refractivity contribution in [2.75, 3.05) is 7.05 Å². The zero-order chi connectivity index (χ0) is 14.9. The van der Waals surface area contributed by atoms with Gasteiger partial charge in [0.15, 0.2) is 0 Å². The lowest BCUT2D eigenvalue weighted by Crippen LogP contribution is -2.51. The number of amides is 2. The SMILES string of the molecule is Cc1c(CNC2CCC(=O)N(C)C2=O)cc(C#N)n1C. The third-order valence-corrected chi connectivity index (χ3v) is 3.94. The minimum Gasteiger partial charge on any atom is -0.340 e. The quantitative estimate of drug-likeness (QED) is 0.811. The summed E-state index contributed by atoms with van der Waals surface area (Å²) in [6.07, 6.45) is 0.913. The van der Waals surface area contributed by atoms with Crippen molar-refractivity contribution in [3.8, 4) is 6.07 Å². The van der Waals surface area contributed by atoms with Gasteiger partial charge in [-0.1, -0.05) is 0 Å². The van der Waals surface area contributed by atoms with E-state index in [4.69, 9.17) is 5.26 Å². The van der Waals surface area contributed by atoms with Crippen molar-refractivity contribution < 1.29 is 9.59 Å². The predicted molar refractivity (Wildman–Crippen MR) is 72.5 cm³/mol. The van der Waals surface area contributed by atoms with Gasteiger partial charge in [-0.2, -0.15) is 5.26 Å². The number of hydrogen-bond acceptors (Lipinski definition) is 4. The molecule has 1 saturated heterocycles. The number of nitrogens with zero attached hydrogens (tertiary/aromatic N) is 3. The molecule has 6 nitrogen and oxygen atoms in total. The van der Waals surface area contributed by atoms with E-state index in [0.717, 1.165) is 11.3 Å². The second kappa shape index (κ2) is 5.47. The van der Waals surface area contributed by atoms with Crippen LogP contribution in [0.4, 0.5) is 0 Å². The van der Waals surface area contributed by atoms with Crippen LogP contribution in [0.2, 0.25) is 0 Å². The summed E-state index contributed by atoms with van der Waals surface area (Å²) in [5.74, 6) is -0.314. The third-order valence-electron chi connectivity index (χ3n) is 3.94. The Morgan fingerprint density at radius 1 is 1.45 bits per heavy atom. The second-order valence-corrected chi connectivity index (χ2v) is 5.07. The van der Waals surface area contributed by atoms with Gasteiger partial charge in [0.05, 0.1) is 6.04 Å². The Morgan fingerprint density at radius 3 is 2.75 bits per heavy atom. The molecule has 2 rings (SSSR count). The molecule has 1 aliphatic rings. The highest BCUT2D eigenvalue weighted by Crippen LogP contribution is 2.16. The molecule has 20 heavy (non-hydrogen) atoms. The summed E-state index contributed by atoms with van der Waals surface area (Å²) in [7, 11) is 3.36. The largest absolute Gasteiger partial charge is 0.340 e. The van der Waals surface area contributed by atoms with E-state index in [1.165, 1.54) is 11.9 Å². The molecule has 1 aliphatic heterocycles. The number of likely N-dealkylation sites (N-methyl/N-ethyl adjacent to an activating group) is 1. The average Bonchev–Trinajstić information content (AvgIpc) is 2.71. The number of carbonyl (C=O) groups excluding carboxylic acids is 2. The van der Waals surface area contributed by atoms with Crippen LogP contribution in [-0.2, 0) is 23.2 Å². The Morgan fingerprint density at radius 2 is 2.15 bits per heavy atom. The first kappa shape index (κ1) is 14.3. The zero-order valence-corrected chi connectivity index (χ0v) is 11.9. The first-order chi connectivity index (χ1) is 9.45. The minimum atomic E-state index is -0.331. The molecular weight excluding hydrogens is 256 g/mol. The summed E-state index contributed by atoms with van der Waals surface area (Å²) in [6, 6.07) is 3.62. The Balaban J connectivity index is 2.05. The van der Waals surface area contributed by atoms with Crippen LogP contribution in [0.3, 0.4) is 0 Å². The highest BCUT2D eigenvalue weighted by atomic mass is 16.2. The Bertz CT molecular complexity index is 597. The Kier molecular flexibility index (Phi) is 3.91. The summed E-state index contributed by atoms with van der Waals surface area (Å²) in [5.41, 5.74) is 2.60. The van der Waals surface area contributed by atoms with Gasteiger partial charge in [0, 0.05) is 32.8 Å². The molecule has 0 aliphatic carbocycles. The number of piperidine rings is 1. The predicted octanol–water partition coefficient (Wildman–Crippen LogP) is 0.442. The van der Waals surface area contributed by atoms with E-state index in [-0.39, 0.29) is 17.9 Å². The van der Waals surface area contributed by atoms with E-state index in [2.05, 4.69) is 11.4 Å². The number of hydrogen-bond donors (Lipinski definition) is 1. The number of aromatic nitrogens is 1. The Hall–Kier alpha value is -2.13. The molecule has 6 heteroatoms. The molecule has 0 radical (unpaired) electrons. The highest BCUT2D eigenvalue weighted by molar-refractivity contribution is 6.00. The van der Waals surface area contributed by atoms with E-state index in [1.807, 2.05) is 24.6 Å². The van der Waals surface area contributed by atoms with Gasteiger partial charge in [0.1, 0.15) is 11.8 Å². The van der Waals surface area contributed by atoms with Crippen LogP contribution in [0, 0.1) is 18.3 Å². The maximum atomic E-state index is 12.0. The number of imide groups is 1. The number of nitrogens with one attached hydrogen (secondary N) is 1. The molecule has 0 spiro atoms. The standard InChI is InChI=1S/C14H18N4O2/c1-9-10(6-11(7-15)17(9)2)8-16-12-4-5-13(19)18(3)14(12)20/h6,12,16H,4-5,8H2,1-3H3. The van der Waals surface area contributed by atoms with Crippen molar-refractivity contribution in [3.63, 3.8) is 0 Å². The van der Waals surface area contributed by atoms with Crippen molar-refractivity contribution >= 4 is 11.8 Å². The fraction of sp³-hybridized carbons (Fsp3) is 0.500. The minimum absolute atomic E-state index is 0.129. The van der Waals surface area contributed by atoms with Crippen molar-refractivity contribution in [2.24, 2.45) is 7.05 Å². The van der Waals surface area contributed by atoms with Gasteiger partial charge in [-0.25, -0.2) is 0 Å². The molecule has 2 amide bonds. The fourth-order valence-corrected chi connectivity index (χ4v) is 2.39. The molecule has 0 aromatic carbocycles. The highest BCUT2D eigenvalue weighted by Gasteiger charge is 2.31. The summed E-state index contributed by atoms with van der Waals surface area (Å²) in [6.45, 7) is 2.45. The summed E-state index contributed by atoms with van der Waals surface area (Å²) < 4.78 is 1.83. The first-order valence-electron chi connectivity index (χ1n) is 6.54. The van der Waals surface area contributed by atoms with Gasteiger partial charge in [0.2, 0.25) is 11.8 Å². The van der Waals surface area contributed by atoms with Crippen molar-refractivity contribution in [1.82, 2.24) is 14.8 Å². The van der Waals surface area contributed by atoms with Crippen molar-refractivity contribution in [2.45, 2.75) is 32.4 Å². The molecule has 1 atom stereocenters. The van der Waals surface area contributed by atoms with E-state index >= 15 is 0 Å². The van der Waals surface area contributed by atoms with Crippen LogP contribution in [0.1, 0.15) is 29.8 Å². The number of likely N-dealkylation sites (tertiary alicyclic amines) is 1. The summed E-state index contributed by atoms with van der Waals surface area (Å²) in [5, 5.41) is 12.2. The molecule has 1 N–H and O–H groups in total. The maximum absolute atomic E-state index is 12.0. The zero-order valence-electron chi connectivity index (χ0n) is 11.9. The van der Waals surface area contributed by atoms with Crippen LogP contribution >= 0.6 is 0 Å². The van der Waals surface area contributed by atoms with E-state index in [1.54, 1.807) is 0 Å². The van der Waals surface area contributed by atoms with E-state index in [9.17, 15) is 9.59 Å². The van der Waals surface area contributed by atoms with Gasteiger partial charge in [0.25, 0.3) is 0 Å². The lowest BCUT2D eigenvalue weighted by molar-refractivity contribution is -0.148. The van der Waals surface area contributed by atoms with Gasteiger partial charge in [-0.15, -0.1) is 0 Å². The molecule has 1 fully saturated rings. The summed E-state index contributed by atoms with van der Waals surface area (Å²) in [4.78, 5) is 24.5. The molecule has 1 unspecified atom stereocenters. The van der Waals surface area contributed by atoms with Gasteiger partial charge < -0.3 is 9.88 Å². The normalized spacial score (nSPS) is 19.3. The fourth-order valence-electron chi connectivity index (χ4n) is 2.39. The molecule has 2 heterocycles. The molecule has 0 saturated carbocycles. The van der Waals surface area contributed by atoms with E-state index < -0.39 is 0 Å². The topological polar surface area (TPSA) is 78.1 Å². The maximum Gasteiger partial charge on any atom is 0.246 e. The van der Waals surface area contributed by atoms with Gasteiger partial charge in [-0.05, 0) is 25.0 Å². The summed E-state index contributed by atoms with van der Waals surface area (Å²) >= 11 is 0. The van der Waals surface area contributed by atoms with Crippen LogP contribution in [0.15, 0.2) is 6.07 Å². The van der Waals surface area contributed by atoms with Gasteiger partial charge in [-0.3, -0.25) is 14.5 Å². The van der Waals surface area contributed by atoms with Crippen molar-refractivity contribution in [3.05, 3.63) is 23.0 Å². The number of rotatable bonds is 3. The second-order valence-electron chi connectivity index (χ2n) is 5.07. The molecule has 106 valence electrons. The van der Waals surface area contributed by atoms with Crippen LogP contribution in [0.5, 0.6) is 0 Å². The molecule has 1 aromatic heterocycles. The third kappa shape index (κ3) is 2.45. The van der Waals surface area contributed by atoms with Crippen molar-refractivity contribution in [1.29, 1.82) is 5.26 Å². The molecular formula is C14H18N4O2. The Labute approximate surface area is 118 Å². The lowest BCUT2D eigenvalue weighted by atomic mass is 10.0.